The van der Waals surface area contributed by atoms with Crippen LogP contribution in [0.4, 0.5) is 24.5 Å². The monoisotopic (exact) mass is 305 g/mol. The lowest BCUT2D eigenvalue weighted by atomic mass is 9.99. The molecule has 9 heteroatoms. The van der Waals surface area contributed by atoms with Crippen molar-refractivity contribution in [3.8, 4) is 0 Å². The SMILES string of the molecule is CC(C)(CC(N)=O)Nc1ccc([N+](=O)[O-])c(C(F)(F)F)c1. The number of benzene rings is 1. The Morgan fingerprint density at radius 2 is 1.95 bits per heavy atom. The fraction of sp³-hybridized carbons (Fsp3) is 0.417. The van der Waals surface area contributed by atoms with E-state index in [0.717, 1.165) is 12.1 Å². The number of primary amides is 1. The van der Waals surface area contributed by atoms with E-state index in [1.54, 1.807) is 13.8 Å². The van der Waals surface area contributed by atoms with Gasteiger partial charge in [-0.25, -0.2) is 0 Å². The van der Waals surface area contributed by atoms with Crippen molar-refractivity contribution in [3.05, 3.63) is 33.9 Å². The maximum absolute atomic E-state index is 12.8. The molecule has 0 aliphatic carbocycles. The number of alkyl halides is 3. The van der Waals surface area contributed by atoms with E-state index in [0.29, 0.717) is 6.07 Å². The van der Waals surface area contributed by atoms with Crippen molar-refractivity contribution in [2.75, 3.05) is 5.32 Å². The van der Waals surface area contributed by atoms with Crippen LogP contribution in [0.1, 0.15) is 25.8 Å². The van der Waals surface area contributed by atoms with Gasteiger partial charge in [-0.05, 0) is 26.0 Å². The molecule has 1 aromatic carbocycles. The molecule has 1 rings (SSSR count). The molecule has 3 N–H and O–H groups in total. The Kier molecular flexibility index (Phi) is 4.45. The van der Waals surface area contributed by atoms with Crippen molar-refractivity contribution in [3.63, 3.8) is 0 Å². The van der Waals surface area contributed by atoms with Crippen molar-refractivity contribution < 1.29 is 22.9 Å². The molecule has 0 heterocycles. The molecule has 0 saturated heterocycles. The highest BCUT2D eigenvalue weighted by molar-refractivity contribution is 5.75. The van der Waals surface area contributed by atoms with Gasteiger partial charge in [0.05, 0.1) is 4.92 Å². The standard InChI is InChI=1S/C12H14F3N3O3/c1-11(2,6-10(16)19)17-7-3-4-9(18(20)21)8(5-7)12(13,14)15/h3-5,17H,6H2,1-2H3,(H2,16,19). The summed E-state index contributed by atoms with van der Waals surface area (Å²) in [6, 6.07) is 2.56. The van der Waals surface area contributed by atoms with Gasteiger partial charge in [0.2, 0.25) is 5.91 Å². The summed E-state index contributed by atoms with van der Waals surface area (Å²) in [6.45, 7) is 3.15. The van der Waals surface area contributed by atoms with Gasteiger partial charge in [-0.15, -0.1) is 0 Å². The van der Waals surface area contributed by atoms with E-state index in [-0.39, 0.29) is 12.1 Å². The first kappa shape index (κ1) is 16.7. The summed E-state index contributed by atoms with van der Waals surface area (Å²) < 4.78 is 38.5. The van der Waals surface area contributed by atoms with Gasteiger partial charge in [-0.1, -0.05) is 0 Å². The Bertz CT molecular complexity index is 571. The number of anilines is 1. The molecule has 0 atom stereocenters. The summed E-state index contributed by atoms with van der Waals surface area (Å²) in [5.74, 6) is -0.620. The predicted octanol–water partition coefficient (Wildman–Crippen LogP) is 2.68. The molecule has 0 radical (unpaired) electrons. The van der Waals surface area contributed by atoms with Crippen LogP contribution in [0.3, 0.4) is 0 Å². The Hall–Kier alpha value is -2.32. The summed E-state index contributed by atoms with van der Waals surface area (Å²) in [5.41, 5.74) is 1.79. The largest absolute Gasteiger partial charge is 0.423 e. The van der Waals surface area contributed by atoms with Crippen LogP contribution in [0.2, 0.25) is 0 Å². The van der Waals surface area contributed by atoms with E-state index < -0.39 is 33.8 Å². The molecule has 0 bridgehead atoms. The minimum atomic E-state index is -4.85. The second-order valence-corrected chi connectivity index (χ2v) is 5.14. The first-order chi connectivity index (χ1) is 9.42. The molecule has 6 nitrogen and oxygen atoms in total. The zero-order chi connectivity index (χ0) is 16.4. The molecule has 1 amide bonds. The van der Waals surface area contributed by atoms with Crippen LogP contribution in [0.5, 0.6) is 0 Å². The maximum atomic E-state index is 12.8. The van der Waals surface area contributed by atoms with Crippen molar-refractivity contribution in [1.82, 2.24) is 0 Å². The van der Waals surface area contributed by atoms with E-state index in [1.165, 1.54) is 0 Å². The van der Waals surface area contributed by atoms with E-state index in [2.05, 4.69) is 5.32 Å². The number of amides is 1. The highest BCUT2D eigenvalue weighted by Gasteiger charge is 2.38. The van der Waals surface area contributed by atoms with E-state index in [4.69, 9.17) is 5.73 Å². The zero-order valence-electron chi connectivity index (χ0n) is 11.3. The highest BCUT2D eigenvalue weighted by Crippen LogP contribution is 2.38. The van der Waals surface area contributed by atoms with Crippen LogP contribution < -0.4 is 11.1 Å². The van der Waals surface area contributed by atoms with Gasteiger partial charge in [0.1, 0.15) is 5.56 Å². The van der Waals surface area contributed by atoms with Crippen molar-refractivity contribution >= 4 is 17.3 Å². The molecule has 0 aliphatic heterocycles. The first-order valence-electron chi connectivity index (χ1n) is 5.84. The third-order valence-electron chi connectivity index (χ3n) is 2.60. The van der Waals surface area contributed by atoms with Crippen molar-refractivity contribution in [2.45, 2.75) is 32.0 Å². The quantitative estimate of drug-likeness (QED) is 0.645. The molecular weight excluding hydrogens is 291 g/mol. The van der Waals surface area contributed by atoms with Gasteiger partial charge in [0, 0.05) is 23.7 Å². The molecule has 1 aromatic rings. The number of hydrogen-bond donors (Lipinski definition) is 2. The van der Waals surface area contributed by atoms with Gasteiger partial charge < -0.3 is 11.1 Å². The van der Waals surface area contributed by atoms with E-state index in [1.807, 2.05) is 0 Å². The Morgan fingerprint density at radius 1 is 1.38 bits per heavy atom. The van der Waals surface area contributed by atoms with Crippen LogP contribution in [-0.4, -0.2) is 16.4 Å². The number of nitrogens with zero attached hydrogens (tertiary/aromatic N) is 1. The van der Waals surface area contributed by atoms with Crippen LogP contribution in [0, 0.1) is 10.1 Å². The summed E-state index contributed by atoms with van der Waals surface area (Å²) in [6.07, 6.45) is -4.96. The number of nitrogens with one attached hydrogen (secondary N) is 1. The summed E-state index contributed by atoms with van der Waals surface area (Å²) in [4.78, 5) is 20.4. The number of nitro groups is 1. The van der Waals surface area contributed by atoms with E-state index in [9.17, 15) is 28.1 Å². The molecule has 0 spiro atoms. The lowest BCUT2D eigenvalue weighted by Gasteiger charge is -2.26. The van der Waals surface area contributed by atoms with Crippen LogP contribution in [0.25, 0.3) is 0 Å². The Labute approximate surface area is 118 Å². The number of rotatable bonds is 5. The van der Waals surface area contributed by atoms with E-state index >= 15 is 0 Å². The predicted molar refractivity (Wildman–Crippen MR) is 69.6 cm³/mol. The zero-order valence-corrected chi connectivity index (χ0v) is 11.3. The lowest BCUT2D eigenvalue weighted by molar-refractivity contribution is -0.388. The number of halogens is 3. The second kappa shape index (κ2) is 5.58. The van der Waals surface area contributed by atoms with Crippen LogP contribution >= 0.6 is 0 Å². The number of nitro benzene ring substituents is 1. The minimum absolute atomic E-state index is 0.0131. The number of hydrogen-bond acceptors (Lipinski definition) is 4. The maximum Gasteiger partial charge on any atom is 0.423 e. The normalized spacial score (nSPS) is 12.0. The molecule has 0 unspecified atom stereocenters. The fourth-order valence-corrected chi connectivity index (χ4v) is 1.87. The number of carbonyl (C=O) groups is 1. The molecule has 0 fully saturated rings. The highest BCUT2D eigenvalue weighted by atomic mass is 19.4. The van der Waals surface area contributed by atoms with Gasteiger partial charge >= 0.3 is 6.18 Å². The number of nitrogens with two attached hydrogens (primary N) is 1. The van der Waals surface area contributed by atoms with Crippen LogP contribution in [0.15, 0.2) is 18.2 Å². The summed E-state index contributed by atoms with van der Waals surface area (Å²) in [5, 5.41) is 13.3. The third kappa shape index (κ3) is 4.62. The average molecular weight is 305 g/mol. The molecular formula is C12H14F3N3O3. The molecule has 21 heavy (non-hydrogen) atoms. The average Bonchev–Trinajstić information content (AvgIpc) is 2.24. The fourth-order valence-electron chi connectivity index (χ4n) is 1.87. The van der Waals surface area contributed by atoms with Crippen molar-refractivity contribution in [1.29, 1.82) is 0 Å². The summed E-state index contributed by atoms with van der Waals surface area (Å²) in [7, 11) is 0. The Balaban J connectivity index is 3.17. The topological polar surface area (TPSA) is 98.3 Å². The molecule has 0 aromatic heterocycles. The van der Waals surface area contributed by atoms with Gasteiger partial charge in [-0.3, -0.25) is 14.9 Å². The summed E-state index contributed by atoms with van der Waals surface area (Å²) >= 11 is 0. The molecule has 116 valence electrons. The lowest BCUT2D eigenvalue weighted by Crippen LogP contribution is -2.36. The number of carbonyl (C=O) groups excluding carboxylic acids is 1. The van der Waals surface area contributed by atoms with Crippen molar-refractivity contribution in [2.24, 2.45) is 5.73 Å². The Morgan fingerprint density at radius 3 is 2.38 bits per heavy atom. The second-order valence-electron chi connectivity index (χ2n) is 5.14. The van der Waals surface area contributed by atoms with Gasteiger partial charge in [0.15, 0.2) is 0 Å². The smallest absolute Gasteiger partial charge is 0.380 e. The molecule has 0 aliphatic rings. The molecule has 0 saturated carbocycles. The minimum Gasteiger partial charge on any atom is -0.380 e. The van der Waals surface area contributed by atoms with Crippen LogP contribution in [-0.2, 0) is 11.0 Å². The third-order valence-corrected chi connectivity index (χ3v) is 2.60. The van der Waals surface area contributed by atoms with Gasteiger partial charge in [-0.2, -0.15) is 13.2 Å². The van der Waals surface area contributed by atoms with Gasteiger partial charge in [0.25, 0.3) is 5.69 Å². The first-order valence-corrected chi connectivity index (χ1v) is 5.84.